The lowest BCUT2D eigenvalue weighted by atomic mass is 10.1. The van der Waals surface area contributed by atoms with Gasteiger partial charge in [-0.05, 0) is 60.7 Å². The third kappa shape index (κ3) is 7.69. The number of sulfonamides is 1. The summed E-state index contributed by atoms with van der Waals surface area (Å²) in [6, 6.07) is 4.64. The maximum absolute atomic E-state index is 13.4. The zero-order chi connectivity index (χ0) is 29.4. The second-order valence-corrected chi connectivity index (χ2v) is 9.79. The largest absolute Gasteiger partial charge is 0.417 e. The summed E-state index contributed by atoms with van der Waals surface area (Å²) in [6.45, 7) is 0. The Hall–Kier alpha value is -3.66. The number of hydrogen-bond acceptors (Lipinski definition) is 3. The smallest absolute Gasteiger partial charge is 0.308 e. The SMILES string of the molecule is O=C(Nc1cc(NS(=O)(=O)c2ccc(C(F)(F)F)cc2)cc(C(F)(F)F)c1)Nc1ccc(Cl)c(C(F)(F)F)c1. The molecule has 0 heterocycles. The van der Waals surface area contributed by atoms with Crippen molar-refractivity contribution in [2.24, 2.45) is 0 Å². The Bertz CT molecular complexity index is 1490. The van der Waals surface area contributed by atoms with Crippen LogP contribution in [0.4, 0.5) is 61.4 Å². The van der Waals surface area contributed by atoms with Crippen molar-refractivity contribution in [1.82, 2.24) is 0 Å². The number of urea groups is 1. The highest BCUT2D eigenvalue weighted by Crippen LogP contribution is 2.37. The summed E-state index contributed by atoms with van der Waals surface area (Å²) in [5.74, 6) is 0. The van der Waals surface area contributed by atoms with E-state index in [1.54, 1.807) is 4.72 Å². The van der Waals surface area contributed by atoms with E-state index >= 15 is 0 Å². The molecule has 0 aliphatic carbocycles. The molecule has 0 fully saturated rings. The fraction of sp³-hybridized carbons (Fsp3) is 0.136. The Morgan fingerprint density at radius 2 is 1.18 bits per heavy atom. The molecule has 17 heteroatoms. The molecule has 0 aromatic heterocycles. The molecule has 6 nitrogen and oxygen atoms in total. The number of benzene rings is 3. The number of amides is 2. The third-order valence-electron chi connectivity index (χ3n) is 4.79. The van der Waals surface area contributed by atoms with E-state index in [-0.39, 0.29) is 0 Å². The molecule has 0 aliphatic rings. The van der Waals surface area contributed by atoms with Crippen LogP contribution in [0.2, 0.25) is 5.02 Å². The van der Waals surface area contributed by atoms with E-state index in [1.807, 2.05) is 10.6 Å². The summed E-state index contributed by atoms with van der Waals surface area (Å²) in [7, 11) is -4.69. The van der Waals surface area contributed by atoms with Crippen molar-refractivity contribution >= 4 is 44.7 Å². The van der Waals surface area contributed by atoms with Gasteiger partial charge in [0.25, 0.3) is 10.0 Å². The van der Waals surface area contributed by atoms with Crippen molar-refractivity contribution in [3.05, 3.63) is 82.4 Å². The Morgan fingerprint density at radius 1 is 0.641 bits per heavy atom. The van der Waals surface area contributed by atoms with Crippen LogP contribution in [0.25, 0.3) is 0 Å². The first kappa shape index (κ1) is 29.9. The van der Waals surface area contributed by atoms with Crippen molar-refractivity contribution in [1.29, 1.82) is 0 Å². The molecule has 3 aromatic carbocycles. The molecule has 0 atom stereocenters. The number of halogens is 10. The van der Waals surface area contributed by atoms with Gasteiger partial charge < -0.3 is 10.6 Å². The Morgan fingerprint density at radius 3 is 1.72 bits per heavy atom. The fourth-order valence-corrected chi connectivity index (χ4v) is 4.34. The summed E-state index contributed by atoms with van der Waals surface area (Å²) in [5, 5.41) is 3.25. The molecule has 3 N–H and O–H groups in total. The van der Waals surface area contributed by atoms with Gasteiger partial charge in [-0.3, -0.25) is 4.72 Å². The van der Waals surface area contributed by atoms with Crippen LogP contribution in [0.1, 0.15) is 16.7 Å². The number of hydrogen-bond donors (Lipinski definition) is 3. The normalized spacial score (nSPS) is 12.7. The third-order valence-corrected chi connectivity index (χ3v) is 6.52. The summed E-state index contributed by atoms with van der Waals surface area (Å²) in [6.07, 6.45) is -14.7. The molecule has 3 rings (SSSR count). The molecule has 0 saturated heterocycles. The highest BCUT2D eigenvalue weighted by Gasteiger charge is 2.34. The minimum absolute atomic E-state index is 0.361. The van der Waals surface area contributed by atoms with E-state index in [4.69, 9.17) is 11.6 Å². The van der Waals surface area contributed by atoms with E-state index in [1.165, 1.54) is 0 Å². The molecule has 0 radical (unpaired) electrons. The molecule has 3 aromatic rings. The fourth-order valence-electron chi connectivity index (χ4n) is 3.07. The molecule has 0 aliphatic heterocycles. The van der Waals surface area contributed by atoms with Crippen LogP contribution in [-0.4, -0.2) is 14.4 Å². The van der Waals surface area contributed by atoms with Crippen molar-refractivity contribution in [2.45, 2.75) is 23.4 Å². The lowest BCUT2D eigenvalue weighted by molar-refractivity contribution is -0.138. The standard InChI is InChI=1S/C22H13ClF9N3O3S/c23-18-6-3-13(10-17(18)22(30,31)32)33-19(36)34-14-7-12(21(27,28)29)8-15(9-14)35-39(37,38)16-4-1-11(2-5-16)20(24,25)26/h1-10,35H,(H2,33,34,36). The van der Waals surface area contributed by atoms with Crippen LogP contribution in [0, 0.1) is 0 Å². The van der Waals surface area contributed by atoms with Crippen LogP contribution in [-0.2, 0) is 28.6 Å². The first-order chi connectivity index (χ1) is 17.8. The zero-order valence-corrected chi connectivity index (χ0v) is 20.3. The van der Waals surface area contributed by atoms with Crippen molar-refractivity contribution in [2.75, 3.05) is 15.4 Å². The summed E-state index contributed by atoms with van der Waals surface area (Å²) < 4.78 is 144. The summed E-state index contributed by atoms with van der Waals surface area (Å²) in [4.78, 5) is 11.6. The highest BCUT2D eigenvalue weighted by molar-refractivity contribution is 7.92. The minimum atomic E-state index is -5.04. The van der Waals surface area contributed by atoms with E-state index in [0.717, 1.165) is 18.2 Å². The number of carbonyl (C=O) groups excluding carboxylic acids is 1. The number of nitrogens with one attached hydrogen (secondary N) is 3. The van der Waals surface area contributed by atoms with Crippen molar-refractivity contribution in [3.63, 3.8) is 0 Å². The van der Waals surface area contributed by atoms with Crippen molar-refractivity contribution in [3.8, 4) is 0 Å². The Labute approximate surface area is 218 Å². The van der Waals surface area contributed by atoms with E-state index in [9.17, 15) is 52.7 Å². The Kier molecular flexibility index (Phi) is 8.03. The van der Waals surface area contributed by atoms with E-state index in [0.29, 0.717) is 42.5 Å². The second kappa shape index (κ2) is 10.5. The van der Waals surface area contributed by atoms with Gasteiger partial charge in [-0.1, -0.05) is 11.6 Å². The van der Waals surface area contributed by atoms with Crippen LogP contribution < -0.4 is 15.4 Å². The molecule has 0 saturated carbocycles. The van der Waals surface area contributed by atoms with Gasteiger partial charge in [-0.15, -0.1) is 0 Å². The topological polar surface area (TPSA) is 87.3 Å². The number of alkyl halides is 9. The predicted octanol–water partition coefficient (Wildman–Crippen LogP) is 7.84. The molecule has 0 bridgehead atoms. The monoisotopic (exact) mass is 605 g/mol. The molecule has 0 spiro atoms. The maximum atomic E-state index is 13.4. The first-order valence-electron chi connectivity index (χ1n) is 10.1. The number of rotatable bonds is 5. The molecule has 0 unspecified atom stereocenters. The number of carbonyl (C=O) groups is 1. The Balaban J connectivity index is 1.87. The second-order valence-electron chi connectivity index (χ2n) is 7.70. The van der Waals surface area contributed by atoms with E-state index < -0.39 is 78.3 Å². The first-order valence-corrected chi connectivity index (χ1v) is 12.0. The maximum Gasteiger partial charge on any atom is 0.417 e. The van der Waals surface area contributed by atoms with Gasteiger partial charge in [-0.2, -0.15) is 39.5 Å². The zero-order valence-electron chi connectivity index (χ0n) is 18.7. The van der Waals surface area contributed by atoms with Gasteiger partial charge >= 0.3 is 24.6 Å². The van der Waals surface area contributed by atoms with Gasteiger partial charge in [0.05, 0.1) is 32.3 Å². The minimum Gasteiger partial charge on any atom is -0.308 e. The van der Waals surface area contributed by atoms with Crippen LogP contribution in [0.3, 0.4) is 0 Å². The lowest BCUT2D eigenvalue weighted by Gasteiger charge is -2.16. The quantitative estimate of drug-likeness (QED) is 0.259. The lowest BCUT2D eigenvalue weighted by Crippen LogP contribution is -2.21. The molecular formula is C22H13ClF9N3O3S. The van der Waals surface area contributed by atoms with Gasteiger partial charge in [0.1, 0.15) is 0 Å². The average molecular weight is 606 g/mol. The van der Waals surface area contributed by atoms with Crippen LogP contribution in [0.5, 0.6) is 0 Å². The molecular weight excluding hydrogens is 593 g/mol. The van der Waals surface area contributed by atoms with Crippen molar-refractivity contribution < 1.29 is 52.7 Å². The van der Waals surface area contributed by atoms with Crippen LogP contribution >= 0.6 is 11.6 Å². The van der Waals surface area contributed by atoms with Gasteiger partial charge in [0.15, 0.2) is 0 Å². The molecule has 2 amide bonds. The van der Waals surface area contributed by atoms with Gasteiger partial charge in [0.2, 0.25) is 0 Å². The highest BCUT2D eigenvalue weighted by atomic mass is 35.5. The molecule has 39 heavy (non-hydrogen) atoms. The predicted molar refractivity (Wildman–Crippen MR) is 123 cm³/mol. The summed E-state index contributed by atoms with van der Waals surface area (Å²) >= 11 is 5.49. The number of anilines is 3. The summed E-state index contributed by atoms with van der Waals surface area (Å²) in [5.41, 5.74) is -5.67. The van der Waals surface area contributed by atoms with Gasteiger partial charge in [-0.25, -0.2) is 13.2 Å². The molecule has 210 valence electrons. The average Bonchev–Trinajstić information content (AvgIpc) is 2.78. The van der Waals surface area contributed by atoms with Gasteiger partial charge in [0, 0.05) is 11.4 Å². The van der Waals surface area contributed by atoms with Crippen LogP contribution in [0.15, 0.2) is 65.6 Å². The van der Waals surface area contributed by atoms with E-state index in [2.05, 4.69) is 0 Å².